The minimum atomic E-state index is 0.0884. The molecule has 0 atom stereocenters. The molecule has 0 saturated carbocycles. The quantitative estimate of drug-likeness (QED) is 0.694. The molecule has 0 saturated heterocycles. The third-order valence-corrected chi connectivity index (χ3v) is 4.43. The number of aromatic nitrogens is 3. The standard InChI is InChI=1S/C18H18N4O/c1-12-5-3-4-6-15(12)18(23)21-8-7-16-14(11-21)10-19-17-9-13(2)20-22(16)17/h3-6,9-10H,7-8,11H2,1-2H3. The molecule has 1 aliphatic heterocycles. The molecule has 0 spiro atoms. The van der Waals surface area contributed by atoms with E-state index in [4.69, 9.17) is 0 Å². The van der Waals surface area contributed by atoms with E-state index in [1.807, 2.05) is 59.8 Å². The molecule has 1 aromatic carbocycles. The zero-order valence-corrected chi connectivity index (χ0v) is 13.3. The summed E-state index contributed by atoms with van der Waals surface area (Å²) in [4.78, 5) is 19.1. The molecule has 5 nitrogen and oxygen atoms in total. The molecular formula is C18H18N4O. The van der Waals surface area contributed by atoms with E-state index < -0.39 is 0 Å². The molecule has 3 aromatic rings. The van der Waals surface area contributed by atoms with Gasteiger partial charge in [0.15, 0.2) is 5.65 Å². The van der Waals surface area contributed by atoms with Gasteiger partial charge in [-0.25, -0.2) is 9.50 Å². The summed E-state index contributed by atoms with van der Waals surface area (Å²) in [5.74, 6) is 0.0884. The first-order valence-electron chi connectivity index (χ1n) is 7.81. The lowest BCUT2D eigenvalue weighted by atomic mass is 10.0. The number of rotatable bonds is 1. The summed E-state index contributed by atoms with van der Waals surface area (Å²) in [7, 11) is 0. The largest absolute Gasteiger partial charge is 0.334 e. The van der Waals surface area contributed by atoms with E-state index >= 15 is 0 Å². The predicted octanol–water partition coefficient (Wildman–Crippen LogP) is 2.54. The number of nitrogens with zero attached hydrogens (tertiary/aromatic N) is 4. The Bertz CT molecular complexity index is 913. The zero-order chi connectivity index (χ0) is 16.0. The topological polar surface area (TPSA) is 50.5 Å². The highest BCUT2D eigenvalue weighted by molar-refractivity contribution is 5.95. The van der Waals surface area contributed by atoms with Crippen molar-refractivity contribution in [2.24, 2.45) is 0 Å². The van der Waals surface area contributed by atoms with Crippen LogP contribution in [0.15, 0.2) is 36.5 Å². The van der Waals surface area contributed by atoms with Gasteiger partial charge in [-0.3, -0.25) is 4.79 Å². The molecule has 0 N–H and O–H groups in total. The van der Waals surface area contributed by atoms with Crippen LogP contribution in [-0.4, -0.2) is 31.9 Å². The van der Waals surface area contributed by atoms with Crippen LogP contribution in [0.2, 0.25) is 0 Å². The van der Waals surface area contributed by atoms with Crippen LogP contribution in [0.1, 0.15) is 32.9 Å². The van der Waals surface area contributed by atoms with Crippen LogP contribution in [0.3, 0.4) is 0 Å². The molecule has 0 bridgehead atoms. The van der Waals surface area contributed by atoms with E-state index in [1.54, 1.807) is 0 Å². The SMILES string of the molecule is Cc1cc2ncc3c(n2n1)CCN(C(=O)c1ccccc1C)C3. The first-order valence-corrected chi connectivity index (χ1v) is 7.81. The lowest BCUT2D eigenvalue weighted by Gasteiger charge is -2.29. The fourth-order valence-corrected chi connectivity index (χ4v) is 3.21. The fraction of sp³-hybridized carbons (Fsp3) is 0.278. The van der Waals surface area contributed by atoms with Gasteiger partial charge in [0.2, 0.25) is 0 Å². The number of carbonyl (C=O) groups excluding carboxylic acids is 1. The van der Waals surface area contributed by atoms with Crippen molar-refractivity contribution in [2.45, 2.75) is 26.8 Å². The van der Waals surface area contributed by atoms with Crippen molar-refractivity contribution in [1.82, 2.24) is 19.5 Å². The molecule has 3 heterocycles. The zero-order valence-electron chi connectivity index (χ0n) is 13.3. The summed E-state index contributed by atoms with van der Waals surface area (Å²) in [5.41, 5.74) is 5.87. The number of hydrogen-bond donors (Lipinski definition) is 0. The summed E-state index contributed by atoms with van der Waals surface area (Å²) in [6.45, 7) is 5.24. The Balaban J connectivity index is 1.68. The Hall–Kier alpha value is -2.69. The smallest absolute Gasteiger partial charge is 0.254 e. The van der Waals surface area contributed by atoms with E-state index in [1.165, 1.54) is 0 Å². The van der Waals surface area contributed by atoms with Crippen LogP contribution in [-0.2, 0) is 13.0 Å². The minimum absolute atomic E-state index is 0.0884. The van der Waals surface area contributed by atoms with Gasteiger partial charge in [0.1, 0.15) is 0 Å². The van der Waals surface area contributed by atoms with E-state index in [2.05, 4.69) is 10.1 Å². The monoisotopic (exact) mass is 306 g/mol. The lowest BCUT2D eigenvalue weighted by Crippen LogP contribution is -2.37. The Morgan fingerprint density at radius 3 is 2.87 bits per heavy atom. The van der Waals surface area contributed by atoms with Gasteiger partial charge in [-0.15, -0.1) is 0 Å². The second-order valence-corrected chi connectivity index (χ2v) is 6.08. The second-order valence-electron chi connectivity index (χ2n) is 6.08. The molecule has 0 unspecified atom stereocenters. The predicted molar refractivity (Wildman–Crippen MR) is 87.3 cm³/mol. The molecule has 0 aliphatic carbocycles. The number of aryl methyl sites for hydroxylation is 2. The number of benzene rings is 1. The van der Waals surface area contributed by atoms with Crippen LogP contribution in [0.4, 0.5) is 0 Å². The molecule has 5 heteroatoms. The van der Waals surface area contributed by atoms with Crippen molar-refractivity contribution >= 4 is 11.6 Å². The minimum Gasteiger partial charge on any atom is -0.334 e. The summed E-state index contributed by atoms with van der Waals surface area (Å²) in [6, 6.07) is 9.72. The summed E-state index contributed by atoms with van der Waals surface area (Å²) in [5, 5.41) is 4.52. The van der Waals surface area contributed by atoms with Gasteiger partial charge in [-0.2, -0.15) is 5.10 Å². The normalized spacial score (nSPS) is 14.1. The summed E-state index contributed by atoms with van der Waals surface area (Å²) in [6.07, 6.45) is 2.68. The first kappa shape index (κ1) is 13.9. The van der Waals surface area contributed by atoms with E-state index in [0.717, 1.165) is 40.1 Å². The molecule has 0 fully saturated rings. The average molecular weight is 306 g/mol. The van der Waals surface area contributed by atoms with Gasteiger partial charge in [0.25, 0.3) is 5.91 Å². The number of amides is 1. The van der Waals surface area contributed by atoms with Gasteiger partial charge < -0.3 is 4.90 Å². The van der Waals surface area contributed by atoms with Crippen LogP contribution in [0.25, 0.3) is 5.65 Å². The molecule has 2 aromatic heterocycles. The molecule has 23 heavy (non-hydrogen) atoms. The first-order chi connectivity index (χ1) is 11.1. The molecule has 4 rings (SSSR count). The third-order valence-electron chi connectivity index (χ3n) is 4.43. The Labute approximate surface area is 134 Å². The third kappa shape index (κ3) is 2.29. The van der Waals surface area contributed by atoms with Gasteiger partial charge in [0, 0.05) is 42.9 Å². The second kappa shape index (κ2) is 5.19. The molecule has 116 valence electrons. The van der Waals surface area contributed by atoms with Crippen molar-refractivity contribution < 1.29 is 4.79 Å². The molecule has 0 radical (unpaired) electrons. The van der Waals surface area contributed by atoms with Crippen molar-refractivity contribution in [3.8, 4) is 0 Å². The van der Waals surface area contributed by atoms with Crippen molar-refractivity contribution in [2.75, 3.05) is 6.54 Å². The van der Waals surface area contributed by atoms with E-state index in [9.17, 15) is 4.79 Å². The number of hydrogen-bond acceptors (Lipinski definition) is 3. The van der Waals surface area contributed by atoms with Crippen LogP contribution < -0.4 is 0 Å². The number of carbonyl (C=O) groups is 1. The molecule has 1 amide bonds. The van der Waals surface area contributed by atoms with Gasteiger partial charge in [-0.1, -0.05) is 18.2 Å². The molecule has 1 aliphatic rings. The fourth-order valence-electron chi connectivity index (χ4n) is 3.21. The maximum Gasteiger partial charge on any atom is 0.254 e. The van der Waals surface area contributed by atoms with Crippen LogP contribution >= 0.6 is 0 Å². The Morgan fingerprint density at radius 1 is 1.22 bits per heavy atom. The van der Waals surface area contributed by atoms with Gasteiger partial charge in [0.05, 0.1) is 11.4 Å². The maximum absolute atomic E-state index is 12.8. The van der Waals surface area contributed by atoms with Gasteiger partial charge >= 0.3 is 0 Å². The molecular weight excluding hydrogens is 288 g/mol. The highest BCUT2D eigenvalue weighted by atomic mass is 16.2. The summed E-state index contributed by atoms with van der Waals surface area (Å²) < 4.78 is 1.92. The highest BCUT2D eigenvalue weighted by Gasteiger charge is 2.24. The summed E-state index contributed by atoms with van der Waals surface area (Å²) >= 11 is 0. The van der Waals surface area contributed by atoms with Crippen molar-refractivity contribution in [3.05, 3.63) is 64.6 Å². The average Bonchev–Trinajstić information content (AvgIpc) is 2.95. The Morgan fingerprint density at radius 2 is 2.04 bits per heavy atom. The van der Waals surface area contributed by atoms with Crippen LogP contribution in [0.5, 0.6) is 0 Å². The van der Waals surface area contributed by atoms with Gasteiger partial charge in [-0.05, 0) is 25.5 Å². The van der Waals surface area contributed by atoms with E-state index in [-0.39, 0.29) is 5.91 Å². The van der Waals surface area contributed by atoms with Crippen molar-refractivity contribution in [1.29, 1.82) is 0 Å². The lowest BCUT2D eigenvalue weighted by molar-refractivity contribution is 0.0732. The Kier molecular flexibility index (Phi) is 3.15. The van der Waals surface area contributed by atoms with Crippen molar-refractivity contribution in [3.63, 3.8) is 0 Å². The highest BCUT2D eigenvalue weighted by Crippen LogP contribution is 2.22. The van der Waals surface area contributed by atoms with Crippen LogP contribution in [0, 0.1) is 13.8 Å². The number of fused-ring (bicyclic) bond motifs is 3. The maximum atomic E-state index is 12.8. The van der Waals surface area contributed by atoms with E-state index in [0.29, 0.717) is 13.1 Å².